The Labute approximate surface area is 119 Å². The molecular formula is C16H25F3O. The van der Waals surface area contributed by atoms with E-state index in [1.807, 2.05) is 0 Å². The van der Waals surface area contributed by atoms with Crippen LogP contribution in [0.5, 0.6) is 0 Å². The third-order valence-corrected chi connectivity index (χ3v) is 4.54. The van der Waals surface area contributed by atoms with Crippen LogP contribution in [0.25, 0.3) is 0 Å². The molecule has 0 aromatic rings. The molecule has 0 amide bonds. The molecule has 2 fully saturated rings. The molecule has 0 saturated heterocycles. The smallest absolute Gasteiger partial charge is 0.378 e. The van der Waals surface area contributed by atoms with Crippen molar-refractivity contribution < 1.29 is 17.9 Å². The van der Waals surface area contributed by atoms with Gasteiger partial charge in [-0.3, -0.25) is 0 Å². The van der Waals surface area contributed by atoms with E-state index in [2.05, 4.69) is 12.2 Å². The lowest BCUT2D eigenvalue weighted by molar-refractivity contribution is -0.192. The summed E-state index contributed by atoms with van der Waals surface area (Å²) in [6.45, 7) is 0.554. The summed E-state index contributed by atoms with van der Waals surface area (Å²) in [4.78, 5) is 0. The lowest BCUT2D eigenvalue weighted by Crippen LogP contribution is -2.32. The highest BCUT2D eigenvalue weighted by Crippen LogP contribution is 2.38. The summed E-state index contributed by atoms with van der Waals surface area (Å²) in [5.41, 5.74) is 0. The van der Waals surface area contributed by atoms with Crippen molar-refractivity contribution in [1.29, 1.82) is 0 Å². The van der Waals surface area contributed by atoms with Crippen LogP contribution in [0, 0.1) is 11.8 Å². The third kappa shape index (κ3) is 5.12. The highest BCUT2D eigenvalue weighted by molar-refractivity contribution is 4.90. The Kier molecular flexibility index (Phi) is 5.94. The lowest BCUT2D eigenvalue weighted by Gasteiger charge is -2.30. The minimum Gasteiger partial charge on any atom is -0.378 e. The van der Waals surface area contributed by atoms with Gasteiger partial charge in [0.1, 0.15) is 0 Å². The molecule has 20 heavy (non-hydrogen) atoms. The minimum absolute atomic E-state index is 0.149. The normalized spacial score (nSPS) is 29.4. The average Bonchev–Trinajstić information content (AvgIpc) is 2.91. The minimum atomic E-state index is -4.05. The largest absolute Gasteiger partial charge is 0.391 e. The molecule has 0 heterocycles. The van der Waals surface area contributed by atoms with Crippen molar-refractivity contribution in [3.8, 4) is 0 Å². The van der Waals surface area contributed by atoms with Gasteiger partial charge in [-0.25, -0.2) is 0 Å². The summed E-state index contributed by atoms with van der Waals surface area (Å²) in [5.74, 6) is -0.436. The van der Waals surface area contributed by atoms with E-state index in [0.29, 0.717) is 13.0 Å². The SMILES string of the molecule is FC(F)(F)C1CCCC(OCC/C=C/C2CCCC2)C1. The van der Waals surface area contributed by atoms with Crippen LogP contribution in [0.2, 0.25) is 0 Å². The number of hydrogen-bond donors (Lipinski definition) is 0. The van der Waals surface area contributed by atoms with Crippen molar-refractivity contribution >= 4 is 0 Å². The molecule has 2 saturated carbocycles. The maximum atomic E-state index is 12.7. The molecule has 4 heteroatoms. The fourth-order valence-electron chi connectivity index (χ4n) is 3.33. The molecule has 2 unspecified atom stereocenters. The molecule has 2 aliphatic carbocycles. The van der Waals surface area contributed by atoms with Gasteiger partial charge in [-0.05, 0) is 44.4 Å². The molecule has 116 valence electrons. The zero-order valence-electron chi connectivity index (χ0n) is 12.0. The number of allylic oxidation sites excluding steroid dienone is 1. The van der Waals surface area contributed by atoms with Crippen LogP contribution >= 0.6 is 0 Å². The summed E-state index contributed by atoms with van der Waals surface area (Å²) in [6.07, 6.45) is 8.02. The van der Waals surface area contributed by atoms with Crippen molar-refractivity contribution in [3.05, 3.63) is 12.2 Å². The van der Waals surface area contributed by atoms with Gasteiger partial charge in [0.25, 0.3) is 0 Å². The number of ether oxygens (including phenoxy) is 1. The van der Waals surface area contributed by atoms with Crippen molar-refractivity contribution in [3.63, 3.8) is 0 Å². The van der Waals surface area contributed by atoms with Gasteiger partial charge < -0.3 is 4.74 Å². The molecule has 0 radical (unpaired) electrons. The molecule has 2 aliphatic rings. The first-order valence-corrected chi connectivity index (χ1v) is 7.90. The number of alkyl halides is 3. The topological polar surface area (TPSA) is 9.23 Å². The number of halogens is 3. The van der Waals surface area contributed by atoms with Gasteiger partial charge in [0.05, 0.1) is 18.6 Å². The molecule has 2 rings (SSSR count). The Morgan fingerprint density at radius 1 is 1.00 bits per heavy atom. The molecule has 0 N–H and O–H groups in total. The van der Waals surface area contributed by atoms with E-state index in [-0.39, 0.29) is 18.9 Å². The van der Waals surface area contributed by atoms with Gasteiger partial charge >= 0.3 is 6.18 Å². The second kappa shape index (κ2) is 7.48. The quantitative estimate of drug-likeness (QED) is 0.495. The lowest BCUT2D eigenvalue weighted by atomic mass is 9.87. The first-order chi connectivity index (χ1) is 9.55. The van der Waals surface area contributed by atoms with Gasteiger partial charge in [-0.1, -0.05) is 31.4 Å². The Balaban J connectivity index is 1.61. The highest BCUT2D eigenvalue weighted by Gasteiger charge is 2.42. The predicted octanol–water partition coefficient (Wildman–Crippen LogP) is 5.26. The molecular weight excluding hydrogens is 265 g/mol. The summed E-state index contributed by atoms with van der Waals surface area (Å²) in [7, 11) is 0. The first-order valence-electron chi connectivity index (χ1n) is 7.90. The van der Waals surface area contributed by atoms with Gasteiger partial charge in [0.15, 0.2) is 0 Å². The van der Waals surface area contributed by atoms with Gasteiger partial charge in [0.2, 0.25) is 0 Å². The van der Waals surface area contributed by atoms with Gasteiger partial charge in [-0.2, -0.15) is 13.2 Å². The van der Waals surface area contributed by atoms with Crippen LogP contribution in [0.1, 0.15) is 57.8 Å². The Morgan fingerprint density at radius 2 is 1.75 bits per heavy atom. The summed E-state index contributed by atoms with van der Waals surface area (Å²) in [6, 6.07) is 0. The average molecular weight is 290 g/mol. The van der Waals surface area contributed by atoms with Gasteiger partial charge in [0, 0.05) is 0 Å². The maximum Gasteiger partial charge on any atom is 0.391 e. The summed E-state index contributed by atoms with van der Waals surface area (Å²) >= 11 is 0. The van der Waals surface area contributed by atoms with E-state index >= 15 is 0 Å². The number of hydrogen-bond acceptors (Lipinski definition) is 1. The molecule has 0 aliphatic heterocycles. The highest BCUT2D eigenvalue weighted by atomic mass is 19.4. The zero-order chi connectivity index (χ0) is 14.4. The standard InChI is InChI=1S/C16H25F3O/c17-16(18,19)14-9-5-10-15(12-14)20-11-4-3-8-13-6-1-2-7-13/h3,8,13-15H,1-2,4-7,9-12H2/b8-3+. The summed E-state index contributed by atoms with van der Waals surface area (Å²) < 4.78 is 43.6. The van der Waals surface area contributed by atoms with Crippen LogP contribution in [0.3, 0.4) is 0 Å². The van der Waals surface area contributed by atoms with Crippen LogP contribution < -0.4 is 0 Å². The molecule has 0 aromatic heterocycles. The molecule has 0 bridgehead atoms. The summed E-state index contributed by atoms with van der Waals surface area (Å²) in [5, 5.41) is 0. The van der Waals surface area contributed by atoms with Crippen molar-refractivity contribution in [1.82, 2.24) is 0 Å². The van der Waals surface area contributed by atoms with E-state index in [9.17, 15) is 13.2 Å². The Morgan fingerprint density at radius 3 is 2.45 bits per heavy atom. The maximum absolute atomic E-state index is 12.7. The molecule has 0 aromatic carbocycles. The van der Waals surface area contributed by atoms with E-state index in [1.54, 1.807) is 0 Å². The van der Waals surface area contributed by atoms with Crippen molar-refractivity contribution in [2.75, 3.05) is 6.61 Å². The Bertz CT molecular complexity index is 305. The molecule has 1 nitrogen and oxygen atoms in total. The van der Waals surface area contributed by atoms with Crippen LogP contribution in [0.15, 0.2) is 12.2 Å². The number of rotatable bonds is 5. The fourth-order valence-corrected chi connectivity index (χ4v) is 3.33. The van der Waals surface area contributed by atoms with E-state index in [1.165, 1.54) is 25.7 Å². The third-order valence-electron chi connectivity index (χ3n) is 4.54. The monoisotopic (exact) mass is 290 g/mol. The Hall–Kier alpha value is -0.510. The van der Waals surface area contributed by atoms with E-state index in [0.717, 1.165) is 18.8 Å². The van der Waals surface area contributed by atoms with Crippen LogP contribution in [-0.4, -0.2) is 18.9 Å². The van der Waals surface area contributed by atoms with Crippen LogP contribution in [-0.2, 0) is 4.74 Å². The zero-order valence-corrected chi connectivity index (χ0v) is 12.0. The van der Waals surface area contributed by atoms with Crippen molar-refractivity contribution in [2.45, 2.75) is 70.1 Å². The molecule has 2 atom stereocenters. The van der Waals surface area contributed by atoms with E-state index in [4.69, 9.17) is 4.74 Å². The molecule has 0 spiro atoms. The van der Waals surface area contributed by atoms with Gasteiger partial charge in [-0.15, -0.1) is 0 Å². The second-order valence-corrected chi connectivity index (χ2v) is 6.16. The fraction of sp³-hybridized carbons (Fsp3) is 0.875. The predicted molar refractivity (Wildman–Crippen MR) is 73.5 cm³/mol. The first kappa shape index (κ1) is 15.9. The van der Waals surface area contributed by atoms with Crippen molar-refractivity contribution in [2.24, 2.45) is 11.8 Å². The van der Waals surface area contributed by atoms with E-state index < -0.39 is 12.1 Å². The van der Waals surface area contributed by atoms with Crippen LogP contribution in [0.4, 0.5) is 13.2 Å². The second-order valence-electron chi connectivity index (χ2n) is 6.16.